The first kappa shape index (κ1) is 14.4. The first-order chi connectivity index (χ1) is 8.61. The molecule has 1 aliphatic heterocycles. The summed E-state index contributed by atoms with van der Waals surface area (Å²) >= 11 is 7.02. The molecule has 2 heterocycles. The molecule has 0 aromatic carbocycles. The van der Waals surface area contributed by atoms with E-state index in [2.05, 4.69) is 48.7 Å². The zero-order valence-corrected chi connectivity index (χ0v) is 13.7. The van der Waals surface area contributed by atoms with Crippen molar-refractivity contribution in [2.45, 2.75) is 44.8 Å². The maximum atomic E-state index is 5.89. The van der Waals surface area contributed by atoms with Crippen LogP contribution < -0.4 is 5.73 Å². The standard InChI is InChI=1S/C13H19Br2N3/c1-9-3-2-4-11(6-16)18(9)8-13-12(15)5-10(14)7-17-13/h5,7,9,11H,2-4,6,8,16H2,1H3. The lowest BCUT2D eigenvalue weighted by Gasteiger charge is -2.40. The lowest BCUT2D eigenvalue weighted by Crippen LogP contribution is -2.48. The maximum absolute atomic E-state index is 5.89. The maximum Gasteiger partial charge on any atom is 0.0686 e. The molecule has 0 radical (unpaired) electrons. The van der Waals surface area contributed by atoms with Crippen LogP contribution in [0.4, 0.5) is 0 Å². The van der Waals surface area contributed by atoms with Crippen LogP contribution in [0.2, 0.25) is 0 Å². The Morgan fingerprint density at radius 3 is 2.89 bits per heavy atom. The molecule has 2 N–H and O–H groups in total. The van der Waals surface area contributed by atoms with Crippen molar-refractivity contribution in [1.82, 2.24) is 9.88 Å². The van der Waals surface area contributed by atoms with Crippen molar-refractivity contribution >= 4 is 31.9 Å². The van der Waals surface area contributed by atoms with E-state index in [9.17, 15) is 0 Å². The Labute approximate surface area is 125 Å². The van der Waals surface area contributed by atoms with Crippen LogP contribution in [0.3, 0.4) is 0 Å². The van der Waals surface area contributed by atoms with Gasteiger partial charge in [0, 0.05) is 40.3 Å². The van der Waals surface area contributed by atoms with Crippen LogP contribution in [0.1, 0.15) is 31.9 Å². The van der Waals surface area contributed by atoms with Gasteiger partial charge in [0.25, 0.3) is 0 Å². The van der Waals surface area contributed by atoms with E-state index in [1.54, 1.807) is 0 Å². The van der Waals surface area contributed by atoms with Crippen molar-refractivity contribution in [3.8, 4) is 0 Å². The van der Waals surface area contributed by atoms with E-state index >= 15 is 0 Å². The molecule has 2 rings (SSSR count). The van der Waals surface area contributed by atoms with E-state index in [1.807, 2.05) is 12.3 Å². The summed E-state index contributed by atoms with van der Waals surface area (Å²) in [6, 6.07) is 3.13. The highest BCUT2D eigenvalue weighted by Gasteiger charge is 2.27. The highest BCUT2D eigenvalue weighted by atomic mass is 79.9. The van der Waals surface area contributed by atoms with Crippen LogP contribution in [-0.2, 0) is 6.54 Å². The summed E-state index contributed by atoms with van der Waals surface area (Å²) in [4.78, 5) is 6.99. The van der Waals surface area contributed by atoms with E-state index in [0.717, 1.165) is 27.7 Å². The van der Waals surface area contributed by atoms with Crippen LogP contribution in [0.15, 0.2) is 21.2 Å². The summed E-state index contributed by atoms with van der Waals surface area (Å²) in [5.41, 5.74) is 6.98. The smallest absolute Gasteiger partial charge is 0.0686 e. The zero-order chi connectivity index (χ0) is 13.1. The first-order valence-electron chi connectivity index (χ1n) is 6.37. The van der Waals surface area contributed by atoms with Crippen molar-refractivity contribution in [2.24, 2.45) is 5.73 Å². The largest absolute Gasteiger partial charge is 0.329 e. The zero-order valence-electron chi connectivity index (χ0n) is 10.6. The number of nitrogens with zero attached hydrogens (tertiary/aromatic N) is 2. The van der Waals surface area contributed by atoms with Crippen molar-refractivity contribution in [3.05, 3.63) is 26.9 Å². The van der Waals surface area contributed by atoms with E-state index in [-0.39, 0.29) is 0 Å². The number of hydrogen-bond acceptors (Lipinski definition) is 3. The number of hydrogen-bond donors (Lipinski definition) is 1. The summed E-state index contributed by atoms with van der Waals surface area (Å²) in [7, 11) is 0. The van der Waals surface area contributed by atoms with Gasteiger partial charge in [-0.1, -0.05) is 6.42 Å². The van der Waals surface area contributed by atoms with Gasteiger partial charge >= 0.3 is 0 Å². The third kappa shape index (κ3) is 3.32. The van der Waals surface area contributed by atoms with Gasteiger partial charge in [0.15, 0.2) is 0 Å². The second-order valence-corrected chi connectivity index (χ2v) is 6.69. The fraction of sp³-hybridized carbons (Fsp3) is 0.615. The molecule has 2 atom stereocenters. The molecular weight excluding hydrogens is 358 g/mol. The molecule has 5 heteroatoms. The molecule has 1 aromatic heterocycles. The molecule has 0 aliphatic carbocycles. The monoisotopic (exact) mass is 375 g/mol. The minimum atomic E-state index is 0.492. The minimum absolute atomic E-state index is 0.492. The average Bonchev–Trinajstić information content (AvgIpc) is 2.34. The third-order valence-electron chi connectivity index (χ3n) is 3.68. The SMILES string of the molecule is CC1CCCC(CN)N1Cc1ncc(Br)cc1Br. The van der Waals surface area contributed by atoms with Crippen LogP contribution >= 0.6 is 31.9 Å². The highest BCUT2D eigenvalue weighted by molar-refractivity contribution is 9.11. The summed E-state index contributed by atoms with van der Waals surface area (Å²) in [6.07, 6.45) is 5.60. The van der Waals surface area contributed by atoms with Gasteiger partial charge < -0.3 is 5.73 Å². The Balaban J connectivity index is 2.15. The molecular formula is C13H19Br2N3. The van der Waals surface area contributed by atoms with Crippen molar-refractivity contribution in [3.63, 3.8) is 0 Å². The van der Waals surface area contributed by atoms with Gasteiger partial charge in [-0.05, 0) is 57.7 Å². The summed E-state index contributed by atoms with van der Waals surface area (Å²) in [5, 5.41) is 0. The topological polar surface area (TPSA) is 42.1 Å². The molecule has 0 bridgehead atoms. The normalized spacial score (nSPS) is 25.3. The molecule has 1 fully saturated rings. The number of aromatic nitrogens is 1. The summed E-state index contributed by atoms with van der Waals surface area (Å²) in [5.74, 6) is 0. The quantitative estimate of drug-likeness (QED) is 0.879. The Bertz CT molecular complexity index is 411. The molecule has 0 saturated carbocycles. The van der Waals surface area contributed by atoms with Crippen molar-refractivity contribution < 1.29 is 0 Å². The van der Waals surface area contributed by atoms with Gasteiger partial charge in [0.1, 0.15) is 0 Å². The lowest BCUT2D eigenvalue weighted by atomic mass is 9.96. The fourth-order valence-electron chi connectivity index (χ4n) is 2.61. The van der Waals surface area contributed by atoms with E-state index in [0.29, 0.717) is 12.1 Å². The van der Waals surface area contributed by atoms with Crippen molar-refractivity contribution in [2.75, 3.05) is 6.54 Å². The van der Waals surface area contributed by atoms with Crippen LogP contribution in [0, 0.1) is 0 Å². The number of rotatable bonds is 3. The molecule has 2 unspecified atom stereocenters. The number of piperidine rings is 1. The second-order valence-electron chi connectivity index (χ2n) is 4.92. The number of likely N-dealkylation sites (tertiary alicyclic amines) is 1. The van der Waals surface area contributed by atoms with E-state index < -0.39 is 0 Å². The van der Waals surface area contributed by atoms with Crippen LogP contribution in [-0.4, -0.2) is 28.5 Å². The second kappa shape index (κ2) is 6.46. The molecule has 18 heavy (non-hydrogen) atoms. The Morgan fingerprint density at radius 2 is 2.22 bits per heavy atom. The Morgan fingerprint density at radius 1 is 1.44 bits per heavy atom. The van der Waals surface area contributed by atoms with E-state index in [4.69, 9.17) is 5.73 Å². The molecule has 3 nitrogen and oxygen atoms in total. The highest BCUT2D eigenvalue weighted by Crippen LogP contribution is 2.27. The summed E-state index contributed by atoms with van der Waals surface area (Å²) < 4.78 is 2.06. The Hall–Kier alpha value is 0.0300. The third-order valence-corrected chi connectivity index (χ3v) is 4.80. The van der Waals surface area contributed by atoms with Gasteiger partial charge in [-0.2, -0.15) is 0 Å². The molecule has 0 spiro atoms. The van der Waals surface area contributed by atoms with Crippen LogP contribution in [0.25, 0.3) is 0 Å². The lowest BCUT2D eigenvalue weighted by molar-refractivity contribution is 0.0876. The Kier molecular flexibility index (Phi) is 5.18. The predicted molar refractivity (Wildman–Crippen MR) is 81.3 cm³/mol. The number of halogens is 2. The van der Waals surface area contributed by atoms with Gasteiger partial charge in [-0.3, -0.25) is 9.88 Å². The minimum Gasteiger partial charge on any atom is -0.329 e. The average molecular weight is 377 g/mol. The van der Waals surface area contributed by atoms with Gasteiger partial charge in [-0.25, -0.2) is 0 Å². The molecule has 1 aromatic rings. The molecule has 0 amide bonds. The summed E-state index contributed by atoms with van der Waals surface area (Å²) in [6.45, 7) is 3.89. The predicted octanol–water partition coefficient (Wildman–Crippen LogP) is 3.31. The molecule has 100 valence electrons. The number of nitrogens with two attached hydrogens (primary N) is 1. The first-order valence-corrected chi connectivity index (χ1v) is 7.96. The van der Waals surface area contributed by atoms with Gasteiger partial charge in [0.2, 0.25) is 0 Å². The molecule has 1 aliphatic rings. The van der Waals surface area contributed by atoms with Gasteiger partial charge in [-0.15, -0.1) is 0 Å². The van der Waals surface area contributed by atoms with E-state index in [1.165, 1.54) is 19.3 Å². The number of pyridine rings is 1. The van der Waals surface area contributed by atoms with Crippen molar-refractivity contribution in [1.29, 1.82) is 0 Å². The molecule has 1 saturated heterocycles. The fourth-order valence-corrected chi connectivity index (χ4v) is 3.72. The van der Waals surface area contributed by atoms with Crippen LogP contribution in [0.5, 0.6) is 0 Å². The van der Waals surface area contributed by atoms with Gasteiger partial charge in [0.05, 0.1) is 5.69 Å².